The van der Waals surface area contributed by atoms with Gasteiger partial charge in [-0.2, -0.15) is 0 Å². The van der Waals surface area contributed by atoms with Gasteiger partial charge >= 0.3 is 0 Å². The monoisotopic (exact) mass is 245 g/mol. The Morgan fingerprint density at radius 1 is 1.28 bits per heavy atom. The molecule has 2 rings (SSSR count). The number of aromatic nitrogens is 2. The lowest BCUT2D eigenvalue weighted by Gasteiger charge is -2.18. The van der Waals surface area contributed by atoms with Crippen molar-refractivity contribution in [3.8, 4) is 5.69 Å². The average molecular weight is 245 g/mol. The number of imidazole rings is 1. The number of benzene rings is 1. The van der Waals surface area contributed by atoms with E-state index in [4.69, 9.17) is 10.8 Å². The summed E-state index contributed by atoms with van der Waals surface area (Å²) in [5.41, 5.74) is 9.08. The first kappa shape index (κ1) is 12.8. The van der Waals surface area contributed by atoms with Crippen molar-refractivity contribution in [1.82, 2.24) is 9.55 Å². The van der Waals surface area contributed by atoms with Crippen LogP contribution in [0.4, 0.5) is 0 Å². The molecule has 18 heavy (non-hydrogen) atoms. The van der Waals surface area contributed by atoms with Gasteiger partial charge in [-0.3, -0.25) is 0 Å². The van der Waals surface area contributed by atoms with E-state index in [-0.39, 0.29) is 12.6 Å². The molecule has 1 atom stereocenters. The first-order valence-corrected chi connectivity index (χ1v) is 6.11. The van der Waals surface area contributed by atoms with Crippen molar-refractivity contribution in [3.63, 3.8) is 0 Å². The Bertz CT molecular complexity index is 502. The fourth-order valence-corrected chi connectivity index (χ4v) is 1.87. The van der Waals surface area contributed by atoms with E-state index in [2.05, 4.69) is 18.8 Å². The van der Waals surface area contributed by atoms with Crippen LogP contribution in [0.1, 0.15) is 31.1 Å². The van der Waals surface area contributed by atoms with Crippen molar-refractivity contribution in [2.24, 2.45) is 11.7 Å². The lowest BCUT2D eigenvalue weighted by Crippen LogP contribution is -2.19. The van der Waals surface area contributed by atoms with Gasteiger partial charge in [0.15, 0.2) is 0 Å². The van der Waals surface area contributed by atoms with E-state index in [1.807, 2.05) is 35.0 Å². The van der Waals surface area contributed by atoms with Gasteiger partial charge < -0.3 is 15.4 Å². The summed E-state index contributed by atoms with van der Waals surface area (Å²) >= 11 is 0. The van der Waals surface area contributed by atoms with Crippen LogP contribution in [0.25, 0.3) is 5.69 Å². The lowest BCUT2D eigenvalue weighted by molar-refractivity contribution is 0.282. The van der Waals surface area contributed by atoms with E-state index in [1.165, 1.54) is 0 Å². The van der Waals surface area contributed by atoms with Gasteiger partial charge in [0.1, 0.15) is 0 Å². The highest BCUT2D eigenvalue weighted by Crippen LogP contribution is 2.21. The first-order valence-electron chi connectivity index (χ1n) is 6.11. The van der Waals surface area contributed by atoms with Gasteiger partial charge in [0.2, 0.25) is 0 Å². The molecule has 2 aromatic rings. The Kier molecular flexibility index (Phi) is 3.79. The number of nitrogens with two attached hydrogens (primary N) is 1. The van der Waals surface area contributed by atoms with Gasteiger partial charge in [-0.05, 0) is 23.6 Å². The van der Waals surface area contributed by atoms with E-state index in [0.717, 1.165) is 16.9 Å². The quantitative estimate of drug-likeness (QED) is 0.866. The van der Waals surface area contributed by atoms with Crippen molar-refractivity contribution in [3.05, 3.63) is 48.0 Å². The Morgan fingerprint density at radius 2 is 1.94 bits per heavy atom. The molecule has 0 fully saturated rings. The maximum Gasteiger partial charge on any atom is 0.0994 e. The predicted molar refractivity (Wildman–Crippen MR) is 71.3 cm³/mol. The molecule has 4 heteroatoms. The van der Waals surface area contributed by atoms with E-state index >= 15 is 0 Å². The second-order valence-electron chi connectivity index (χ2n) is 4.78. The number of nitrogens with zero attached hydrogens (tertiary/aromatic N) is 2. The molecule has 0 aliphatic carbocycles. The third-order valence-electron chi connectivity index (χ3n) is 3.12. The van der Waals surface area contributed by atoms with Crippen molar-refractivity contribution < 1.29 is 5.11 Å². The van der Waals surface area contributed by atoms with Crippen LogP contribution in [0.3, 0.4) is 0 Å². The predicted octanol–water partition coefficient (Wildman–Crippen LogP) is 2.02. The van der Waals surface area contributed by atoms with Gasteiger partial charge in [0.05, 0.1) is 24.8 Å². The van der Waals surface area contributed by atoms with E-state index in [1.54, 1.807) is 6.33 Å². The van der Waals surface area contributed by atoms with E-state index in [0.29, 0.717) is 5.92 Å². The van der Waals surface area contributed by atoms with Crippen molar-refractivity contribution in [2.45, 2.75) is 26.5 Å². The zero-order chi connectivity index (χ0) is 13.1. The molecule has 0 saturated carbocycles. The Balaban J connectivity index is 2.35. The second-order valence-corrected chi connectivity index (χ2v) is 4.78. The topological polar surface area (TPSA) is 64.1 Å². The molecule has 1 aromatic carbocycles. The smallest absolute Gasteiger partial charge is 0.0994 e. The minimum absolute atomic E-state index is 0.0370. The van der Waals surface area contributed by atoms with Gasteiger partial charge in [-0.1, -0.05) is 26.0 Å². The van der Waals surface area contributed by atoms with Crippen LogP contribution in [0.5, 0.6) is 0 Å². The van der Waals surface area contributed by atoms with Gasteiger partial charge in [-0.25, -0.2) is 4.98 Å². The minimum Gasteiger partial charge on any atom is -0.392 e. The molecule has 0 aliphatic heterocycles. The summed E-state index contributed by atoms with van der Waals surface area (Å²) in [6, 6.07) is 7.69. The number of aliphatic hydroxyl groups is 1. The summed E-state index contributed by atoms with van der Waals surface area (Å²) < 4.78 is 1.99. The Morgan fingerprint density at radius 3 is 2.50 bits per heavy atom. The molecule has 1 unspecified atom stereocenters. The normalized spacial score (nSPS) is 12.9. The molecule has 0 saturated heterocycles. The van der Waals surface area contributed by atoms with Crippen LogP contribution < -0.4 is 5.73 Å². The summed E-state index contributed by atoms with van der Waals surface area (Å²) in [6.07, 6.45) is 3.58. The van der Waals surface area contributed by atoms with Crippen LogP contribution in [0.15, 0.2) is 36.8 Å². The zero-order valence-electron chi connectivity index (χ0n) is 10.7. The number of rotatable bonds is 4. The van der Waals surface area contributed by atoms with Gasteiger partial charge in [0, 0.05) is 11.7 Å². The average Bonchev–Trinajstić information content (AvgIpc) is 2.87. The molecule has 4 nitrogen and oxygen atoms in total. The summed E-state index contributed by atoms with van der Waals surface area (Å²) in [4.78, 5) is 4.18. The summed E-state index contributed by atoms with van der Waals surface area (Å²) in [7, 11) is 0. The third kappa shape index (κ3) is 2.44. The van der Waals surface area contributed by atoms with Gasteiger partial charge in [-0.15, -0.1) is 0 Å². The van der Waals surface area contributed by atoms with Crippen molar-refractivity contribution >= 4 is 0 Å². The maximum atomic E-state index is 9.04. The molecule has 1 heterocycles. The van der Waals surface area contributed by atoms with Crippen LogP contribution in [-0.4, -0.2) is 14.7 Å². The maximum absolute atomic E-state index is 9.04. The lowest BCUT2D eigenvalue weighted by atomic mass is 10.0. The van der Waals surface area contributed by atoms with Gasteiger partial charge in [0.25, 0.3) is 0 Å². The van der Waals surface area contributed by atoms with Crippen LogP contribution in [0.2, 0.25) is 0 Å². The van der Waals surface area contributed by atoms with Crippen LogP contribution in [0, 0.1) is 5.92 Å². The van der Waals surface area contributed by atoms with Crippen LogP contribution >= 0.6 is 0 Å². The molecular formula is C14H19N3O. The fraction of sp³-hybridized carbons (Fsp3) is 0.357. The van der Waals surface area contributed by atoms with E-state index < -0.39 is 0 Å². The highest BCUT2D eigenvalue weighted by molar-refractivity contribution is 5.36. The van der Waals surface area contributed by atoms with E-state index in [9.17, 15) is 0 Å². The summed E-state index contributed by atoms with van der Waals surface area (Å²) in [5.74, 6) is 0.358. The molecule has 96 valence electrons. The zero-order valence-corrected chi connectivity index (χ0v) is 10.7. The summed E-state index contributed by atoms with van der Waals surface area (Å²) in [5, 5.41) is 9.04. The number of hydrogen-bond acceptors (Lipinski definition) is 3. The van der Waals surface area contributed by atoms with Crippen molar-refractivity contribution in [2.75, 3.05) is 0 Å². The summed E-state index contributed by atoms with van der Waals surface area (Å²) in [6.45, 7) is 4.25. The largest absolute Gasteiger partial charge is 0.392 e. The minimum atomic E-state index is -0.0370. The molecule has 0 amide bonds. The second kappa shape index (κ2) is 5.33. The van der Waals surface area contributed by atoms with Crippen molar-refractivity contribution in [1.29, 1.82) is 0 Å². The molecule has 0 radical (unpaired) electrons. The Labute approximate surface area is 107 Å². The SMILES string of the molecule is CC(C)C(N)c1cncn1-c1ccc(CO)cc1. The number of aliphatic hydroxyl groups excluding tert-OH is 1. The highest BCUT2D eigenvalue weighted by Gasteiger charge is 2.15. The molecule has 0 aliphatic rings. The molecule has 3 N–H and O–H groups in total. The molecule has 0 spiro atoms. The molecule has 0 bridgehead atoms. The standard InChI is InChI=1S/C14H19N3O/c1-10(2)14(15)13-7-16-9-17(13)12-5-3-11(8-18)4-6-12/h3-7,9-10,14,18H,8,15H2,1-2H3. The fourth-order valence-electron chi connectivity index (χ4n) is 1.87. The third-order valence-corrected chi connectivity index (χ3v) is 3.12. The Hall–Kier alpha value is -1.65. The van der Waals surface area contributed by atoms with Crippen LogP contribution in [-0.2, 0) is 6.61 Å². The highest BCUT2D eigenvalue weighted by atomic mass is 16.3. The first-order chi connectivity index (χ1) is 8.63. The molecular weight excluding hydrogens is 226 g/mol. The molecule has 1 aromatic heterocycles. The number of hydrogen-bond donors (Lipinski definition) is 2.